The lowest BCUT2D eigenvalue weighted by Crippen LogP contribution is -2.39. The predicted octanol–water partition coefficient (Wildman–Crippen LogP) is 0.173. The summed E-state index contributed by atoms with van der Waals surface area (Å²) in [5.74, 6) is -0.814. The minimum atomic E-state index is -4.41. The van der Waals surface area contributed by atoms with Gasteiger partial charge in [0.2, 0.25) is 0 Å². The van der Waals surface area contributed by atoms with Crippen LogP contribution in [0.4, 0.5) is 13.2 Å². The molecule has 2 aliphatic heterocycles. The fourth-order valence-electron chi connectivity index (χ4n) is 1.88. The molecule has 1 amide bonds. The Morgan fingerprint density at radius 2 is 2.35 bits per heavy atom. The summed E-state index contributed by atoms with van der Waals surface area (Å²) in [5, 5.41) is 8.41. The van der Waals surface area contributed by atoms with Crippen LogP contribution >= 0.6 is 0 Å². The Hall–Kier alpha value is -1.31. The molecule has 0 aromatic heterocycles. The summed E-state index contributed by atoms with van der Waals surface area (Å²) in [6.45, 7) is -0.0321. The van der Waals surface area contributed by atoms with Gasteiger partial charge in [0.15, 0.2) is 5.60 Å². The first kappa shape index (κ1) is 12.2. The first-order valence-electron chi connectivity index (χ1n) is 5.21. The van der Waals surface area contributed by atoms with E-state index in [-0.39, 0.29) is 12.1 Å². The van der Waals surface area contributed by atoms with Gasteiger partial charge in [-0.2, -0.15) is 13.2 Å². The van der Waals surface area contributed by atoms with Crippen molar-refractivity contribution in [3.8, 4) is 0 Å². The minimum absolute atomic E-state index is 0.0259. The molecule has 0 aromatic carbocycles. The molecular weight excluding hydrogens is 239 g/mol. The molecule has 0 aromatic rings. The Labute approximate surface area is 95.4 Å². The van der Waals surface area contributed by atoms with E-state index in [2.05, 4.69) is 10.5 Å². The van der Waals surface area contributed by atoms with E-state index in [0.717, 1.165) is 6.54 Å². The summed E-state index contributed by atoms with van der Waals surface area (Å²) in [6, 6.07) is 0. The number of halogens is 3. The van der Waals surface area contributed by atoms with Crippen LogP contribution in [0.15, 0.2) is 5.16 Å². The van der Waals surface area contributed by atoms with E-state index >= 15 is 0 Å². The van der Waals surface area contributed by atoms with E-state index in [9.17, 15) is 18.0 Å². The number of nitrogens with zero attached hydrogens (tertiary/aromatic N) is 1. The molecule has 2 heterocycles. The molecule has 5 nitrogen and oxygen atoms in total. The van der Waals surface area contributed by atoms with E-state index in [4.69, 9.17) is 4.84 Å². The molecule has 2 N–H and O–H groups in total. The fourth-order valence-corrected chi connectivity index (χ4v) is 1.88. The van der Waals surface area contributed by atoms with Crippen molar-refractivity contribution in [2.24, 2.45) is 5.16 Å². The number of hydrogen-bond donors (Lipinski definition) is 2. The Kier molecular flexibility index (Phi) is 2.98. The summed E-state index contributed by atoms with van der Waals surface area (Å²) < 4.78 is 35.7. The van der Waals surface area contributed by atoms with Gasteiger partial charge in [-0.3, -0.25) is 4.79 Å². The van der Waals surface area contributed by atoms with Crippen LogP contribution in [0.3, 0.4) is 0 Å². The monoisotopic (exact) mass is 251 g/mol. The molecule has 0 radical (unpaired) electrons. The van der Waals surface area contributed by atoms with Gasteiger partial charge in [0.05, 0.1) is 0 Å². The smallest absolute Gasteiger partial charge is 0.387 e. The van der Waals surface area contributed by atoms with Gasteiger partial charge in [0.25, 0.3) is 5.91 Å². The van der Waals surface area contributed by atoms with Crippen LogP contribution in [0.5, 0.6) is 0 Å². The average Bonchev–Trinajstić information content (AvgIpc) is 2.85. The number of rotatable bonds is 2. The van der Waals surface area contributed by atoms with Crippen molar-refractivity contribution in [1.29, 1.82) is 0 Å². The van der Waals surface area contributed by atoms with Gasteiger partial charge >= 0.3 is 6.18 Å². The molecule has 0 unspecified atom stereocenters. The van der Waals surface area contributed by atoms with E-state index in [1.807, 2.05) is 0 Å². The van der Waals surface area contributed by atoms with Crippen LogP contribution in [-0.2, 0) is 9.63 Å². The highest BCUT2D eigenvalue weighted by Gasteiger charge is 2.44. The summed E-state index contributed by atoms with van der Waals surface area (Å²) in [4.78, 5) is 16.5. The molecule has 96 valence electrons. The van der Waals surface area contributed by atoms with Gasteiger partial charge in [-0.1, -0.05) is 5.16 Å². The molecule has 0 bridgehead atoms. The average molecular weight is 251 g/mol. The second-order valence-corrected chi connectivity index (χ2v) is 4.21. The number of carbonyl (C=O) groups is 1. The summed E-state index contributed by atoms with van der Waals surface area (Å²) in [7, 11) is 0. The highest BCUT2D eigenvalue weighted by Crippen LogP contribution is 2.29. The zero-order chi connectivity index (χ0) is 12.5. The van der Waals surface area contributed by atoms with Crippen LogP contribution in [0.2, 0.25) is 0 Å². The number of amides is 1. The molecule has 2 rings (SSSR count). The van der Waals surface area contributed by atoms with Crippen molar-refractivity contribution >= 4 is 11.6 Å². The maximum atomic E-state index is 11.9. The zero-order valence-corrected chi connectivity index (χ0v) is 8.93. The normalized spacial score (nSPS) is 28.1. The van der Waals surface area contributed by atoms with Crippen molar-refractivity contribution in [2.45, 2.75) is 24.6 Å². The number of alkyl halides is 3. The standard InChI is InChI=1S/C9H12F3N3O2/c10-9(11,12)5-14-7(16)6-3-8(17-15-6)1-2-13-4-8/h13H,1-5H2,(H,14,16)/t8-/m0/s1. The maximum absolute atomic E-state index is 11.9. The predicted molar refractivity (Wildman–Crippen MR) is 52.4 cm³/mol. The maximum Gasteiger partial charge on any atom is 0.405 e. The molecule has 17 heavy (non-hydrogen) atoms. The molecule has 0 aliphatic carbocycles. The SMILES string of the molecule is O=C(NCC(F)(F)F)C1=NO[C@@]2(CCNC2)C1. The summed E-state index contributed by atoms with van der Waals surface area (Å²) in [6.07, 6.45) is -3.46. The lowest BCUT2D eigenvalue weighted by atomic mass is 9.96. The van der Waals surface area contributed by atoms with Crippen molar-refractivity contribution in [3.05, 3.63) is 0 Å². The van der Waals surface area contributed by atoms with Crippen molar-refractivity contribution in [2.75, 3.05) is 19.6 Å². The Balaban J connectivity index is 1.85. The van der Waals surface area contributed by atoms with Crippen LogP contribution < -0.4 is 10.6 Å². The number of nitrogens with one attached hydrogen (secondary N) is 2. The largest absolute Gasteiger partial charge is 0.405 e. The summed E-state index contributed by atoms with van der Waals surface area (Å²) >= 11 is 0. The molecule has 1 saturated heterocycles. The lowest BCUT2D eigenvalue weighted by molar-refractivity contribution is -0.134. The third-order valence-corrected chi connectivity index (χ3v) is 2.76. The first-order chi connectivity index (χ1) is 7.90. The second-order valence-electron chi connectivity index (χ2n) is 4.21. The van der Waals surface area contributed by atoms with Crippen LogP contribution in [0.1, 0.15) is 12.8 Å². The molecule has 0 saturated carbocycles. The lowest BCUT2D eigenvalue weighted by Gasteiger charge is -2.18. The Morgan fingerprint density at radius 3 is 2.94 bits per heavy atom. The summed E-state index contributed by atoms with van der Waals surface area (Å²) in [5.41, 5.74) is -0.511. The number of oxime groups is 1. The van der Waals surface area contributed by atoms with Crippen LogP contribution in [0.25, 0.3) is 0 Å². The van der Waals surface area contributed by atoms with Gasteiger partial charge in [-0.25, -0.2) is 0 Å². The van der Waals surface area contributed by atoms with Gasteiger partial charge < -0.3 is 15.5 Å². The van der Waals surface area contributed by atoms with Crippen LogP contribution in [0, 0.1) is 0 Å². The fraction of sp³-hybridized carbons (Fsp3) is 0.778. The molecule has 1 fully saturated rings. The molecular formula is C9H12F3N3O2. The third kappa shape index (κ3) is 2.87. The Morgan fingerprint density at radius 1 is 1.59 bits per heavy atom. The minimum Gasteiger partial charge on any atom is -0.387 e. The highest BCUT2D eigenvalue weighted by atomic mass is 19.4. The first-order valence-corrected chi connectivity index (χ1v) is 5.21. The number of carbonyl (C=O) groups excluding carboxylic acids is 1. The highest BCUT2D eigenvalue weighted by molar-refractivity contribution is 6.39. The van der Waals surface area contributed by atoms with E-state index in [1.54, 1.807) is 5.32 Å². The van der Waals surface area contributed by atoms with Gasteiger partial charge in [0.1, 0.15) is 12.3 Å². The number of hydrogen-bond acceptors (Lipinski definition) is 4. The van der Waals surface area contributed by atoms with E-state index in [0.29, 0.717) is 13.0 Å². The quantitative estimate of drug-likeness (QED) is 0.735. The molecule has 2 aliphatic rings. The molecule has 8 heteroatoms. The Bertz CT molecular complexity index is 348. The van der Waals surface area contributed by atoms with Crippen molar-refractivity contribution in [1.82, 2.24) is 10.6 Å². The van der Waals surface area contributed by atoms with E-state index in [1.165, 1.54) is 0 Å². The van der Waals surface area contributed by atoms with Gasteiger partial charge in [-0.15, -0.1) is 0 Å². The van der Waals surface area contributed by atoms with E-state index < -0.39 is 24.2 Å². The van der Waals surface area contributed by atoms with Crippen LogP contribution in [-0.4, -0.2) is 43.0 Å². The topological polar surface area (TPSA) is 62.7 Å². The van der Waals surface area contributed by atoms with Crippen molar-refractivity contribution < 1.29 is 22.8 Å². The molecule has 1 atom stereocenters. The zero-order valence-electron chi connectivity index (χ0n) is 8.93. The molecule has 1 spiro atoms. The van der Waals surface area contributed by atoms with Gasteiger partial charge in [-0.05, 0) is 6.54 Å². The van der Waals surface area contributed by atoms with Crippen molar-refractivity contribution in [3.63, 3.8) is 0 Å². The third-order valence-electron chi connectivity index (χ3n) is 2.76. The second kappa shape index (κ2) is 4.17. The van der Waals surface area contributed by atoms with Gasteiger partial charge in [0, 0.05) is 19.4 Å².